The molecule has 0 aromatic heterocycles. The SMILES string of the molecule is O=C(NC1CCN(C(=O)c2cccc3ccccc23)CC1)c1ccc(Cl)cc1Cl. The lowest BCUT2D eigenvalue weighted by molar-refractivity contribution is 0.0700. The van der Waals surface area contributed by atoms with E-state index in [1.54, 1.807) is 18.2 Å². The molecule has 0 saturated carbocycles. The number of rotatable bonds is 3. The van der Waals surface area contributed by atoms with Crippen LogP contribution in [0.2, 0.25) is 10.0 Å². The molecule has 1 aliphatic rings. The summed E-state index contributed by atoms with van der Waals surface area (Å²) in [5, 5.41) is 5.87. The Balaban J connectivity index is 1.40. The molecule has 0 radical (unpaired) electrons. The Bertz CT molecular complexity index is 1070. The summed E-state index contributed by atoms with van der Waals surface area (Å²) in [4.78, 5) is 27.4. The number of benzene rings is 3. The highest BCUT2D eigenvalue weighted by atomic mass is 35.5. The summed E-state index contributed by atoms with van der Waals surface area (Å²) in [6.07, 6.45) is 1.40. The average molecular weight is 427 g/mol. The lowest BCUT2D eigenvalue weighted by Crippen LogP contribution is -2.46. The van der Waals surface area contributed by atoms with Crippen molar-refractivity contribution in [3.05, 3.63) is 81.8 Å². The van der Waals surface area contributed by atoms with Crippen LogP contribution in [-0.4, -0.2) is 35.8 Å². The maximum atomic E-state index is 13.0. The van der Waals surface area contributed by atoms with Gasteiger partial charge in [0.25, 0.3) is 11.8 Å². The maximum absolute atomic E-state index is 13.0. The van der Waals surface area contributed by atoms with E-state index in [9.17, 15) is 9.59 Å². The zero-order chi connectivity index (χ0) is 20.4. The molecular weight excluding hydrogens is 407 g/mol. The van der Waals surface area contributed by atoms with Crippen molar-refractivity contribution in [2.45, 2.75) is 18.9 Å². The zero-order valence-electron chi connectivity index (χ0n) is 15.7. The van der Waals surface area contributed by atoms with Gasteiger partial charge in [0.05, 0.1) is 10.6 Å². The molecule has 0 atom stereocenters. The molecule has 4 nitrogen and oxygen atoms in total. The Kier molecular flexibility index (Phi) is 5.74. The predicted octanol–water partition coefficient (Wildman–Crippen LogP) is 5.18. The van der Waals surface area contributed by atoms with Crippen LogP contribution >= 0.6 is 23.2 Å². The van der Waals surface area contributed by atoms with Crippen LogP contribution < -0.4 is 5.32 Å². The van der Waals surface area contributed by atoms with Crippen LogP contribution in [0.5, 0.6) is 0 Å². The topological polar surface area (TPSA) is 49.4 Å². The molecule has 1 saturated heterocycles. The number of amides is 2. The van der Waals surface area contributed by atoms with Gasteiger partial charge in [0, 0.05) is 29.7 Å². The van der Waals surface area contributed by atoms with Gasteiger partial charge in [-0.2, -0.15) is 0 Å². The molecule has 3 aromatic carbocycles. The van der Waals surface area contributed by atoms with Gasteiger partial charge in [-0.15, -0.1) is 0 Å². The molecule has 1 heterocycles. The van der Waals surface area contributed by atoms with Gasteiger partial charge in [-0.05, 0) is 47.9 Å². The van der Waals surface area contributed by atoms with Crippen LogP contribution in [0, 0.1) is 0 Å². The number of carbonyl (C=O) groups excluding carboxylic acids is 2. The van der Waals surface area contributed by atoms with Crippen LogP contribution in [0.15, 0.2) is 60.7 Å². The Morgan fingerprint density at radius 3 is 2.38 bits per heavy atom. The van der Waals surface area contributed by atoms with Crippen LogP contribution in [0.4, 0.5) is 0 Å². The smallest absolute Gasteiger partial charge is 0.254 e. The summed E-state index contributed by atoms with van der Waals surface area (Å²) in [5.41, 5.74) is 1.13. The molecule has 0 bridgehead atoms. The summed E-state index contributed by atoms with van der Waals surface area (Å²) in [5.74, 6) is -0.183. The van der Waals surface area contributed by atoms with Crippen LogP contribution in [0.1, 0.15) is 33.6 Å². The number of likely N-dealkylation sites (tertiary alicyclic amines) is 1. The van der Waals surface area contributed by atoms with E-state index in [0.717, 1.165) is 16.3 Å². The maximum Gasteiger partial charge on any atom is 0.254 e. The van der Waals surface area contributed by atoms with Gasteiger partial charge in [0.2, 0.25) is 0 Å². The number of fused-ring (bicyclic) bond motifs is 1. The predicted molar refractivity (Wildman–Crippen MR) is 117 cm³/mol. The first-order valence-corrected chi connectivity index (χ1v) is 10.3. The van der Waals surface area contributed by atoms with Crippen molar-refractivity contribution in [1.29, 1.82) is 0 Å². The highest BCUT2D eigenvalue weighted by molar-refractivity contribution is 6.36. The van der Waals surface area contributed by atoms with Crippen molar-refractivity contribution >= 4 is 45.8 Å². The fourth-order valence-electron chi connectivity index (χ4n) is 3.75. The first-order chi connectivity index (χ1) is 14.0. The Labute approximate surface area is 179 Å². The van der Waals surface area contributed by atoms with E-state index < -0.39 is 0 Å². The number of hydrogen-bond acceptors (Lipinski definition) is 2. The first-order valence-electron chi connectivity index (χ1n) is 9.56. The monoisotopic (exact) mass is 426 g/mol. The third-order valence-corrected chi connectivity index (χ3v) is 5.86. The number of nitrogens with one attached hydrogen (secondary N) is 1. The lowest BCUT2D eigenvalue weighted by atomic mass is 10.0. The third-order valence-electron chi connectivity index (χ3n) is 5.31. The van der Waals surface area contributed by atoms with Gasteiger partial charge in [-0.25, -0.2) is 0 Å². The van der Waals surface area contributed by atoms with E-state index in [4.69, 9.17) is 23.2 Å². The molecule has 3 aromatic rings. The minimum atomic E-state index is -0.217. The second kappa shape index (κ2) is 8.44. The van der Waals surface area contributed by atoms with Crippen LogP contribution in [-0.2, 0) is 0 Å². The van der Waals surface area contributed by atoms with Gasteiger partial charge in [-0.1, -0.05) is 59.6 Å². The number of nitrogens with zero attached hydrogens (tertiary/aromatic N) is 1. The van der Waals surface area contributed by atoms with Crippen molar-refractivity contribution in [3.63, 3.8) is 0 Å². The standard InChI is InChI=1S/C23H20Cl2N2O2/c24-16-8-9-20(21(25)14-16)22(28)26-17-10-12-27(13-11-17)23(29)19-7-3-5-15-4-1-2-6-18(15)19/h1-9,14,17H,10-13H2,(H,26,28). The summed E-state index contributed by atoms with van der Waals surface area (Å²) in [6.45, 7) is 1.20. The quantitative estimate of drug-likeness (QED) is 0.626. The fourth-order valence-corrected chi connectivity index (χ4v) is 4.24. The summed E-state index contributed by atoms with van der Waals surface area (Å²) in [7, 11) is 0. The van der Waals surface area contributed by atoms with E-state index in [0.29, 0.717) is 41.5 Å². The van der Waals surface area contributed by atoms with Crippen molar-refractivity contribution < 1.29 is 9.59 Å². The minimum absolute atomic E-state index is 0.00538. The molecule has 0 spiro atoms. The number of halogens is 2. The largest absolute Gasteiger partial charge is 0.349 e. The van der Waals surface area contributed by atoms with Gasteiger partial charge in [-0.3, -0.25) is 9.59 Å². The second-order valence-corrected chi connectivity index (χ2v) is 8.03. The normalized spacial score (nSPS) is 14.8. The van der Waals surface area contributed by atoms with E-state index >= 15 is 0 Å². The third kappa shape index (κ3) is 4.24. The number of piperidine rings is 1. The fraction of sp³-hybridized carbons (Fsp3) is 0.217. The van der Waals surface area contributed by atoms with Gasteiger partial charge < -0.3 is 10.2 Å². The molecule has 4 rings (SSSR count). The first kappa shape index (κ1) is 19.7. The van der Waals surface area contributed by atoms with Crippen LogP contribution in [0.25, 0.3) is 10.8 Å². The molecule has 6 heteroatoms. The Morgan fingerprint density at radius 2 is 1.62 bits per heavy atom. The van der Waals surface area contributed by atoms with E-state index in [-0.39, 0.29) is 17.9 Å². The van der Waals surface area contributed by atoms with Gasteiger partial charge >= 0.3 is 0 Å². The molecule has 2 amide bonds. The van der Waals surface area contributed by atoms with Crippen molar-refractivity contribution in [2.24, 2.45) is 0 Å². The minimum Gasteiger partial charge on any atom is -0.349 e. The average Bonchev–Trinajstić information content (AvgIpc) is 2.73. The molecule has 0 unspecified atom stereocenters. The Hall–Kier alpha value is -2.56. The Morgan fingerprint density at radius 1 is 0.897 bits per heavy atom. The summed E-state index contributed by atoms with van der Waals surface area (Å²) < 4.78 is 0. The molecule has 148 valence electrons. The van der Waals surface area contributed by atoms with Gasteiger partial charge in [0.15, 0.2) is 0 Å². The molecule has 1 fully saturated rings. The summed E-state index contributed by atoms with van der Waals surface area (Å²) in [6, 6.07) is 18.5. The lowest BCUT2D eigenvalue weighted by Gasteiger charge is -2.32. The highest BCUT2D eigenvalue weighted by Crippen LogP contribution is 2.23. The molecule has 0 aliphatic carbocycles. The van der Waals surface area contributed by atoms with Crippen molar-refractivity contribution in [1.82, 2.24) is 10.2 Å². The zero-order valence-corrected chi connectivity index (χ0v) is 17.2. The van der Waals surface area contributed by atoms with Crippen molar-refractivity contribution in [3.8, 4) is 0 Å². The highest BCUT2D eigenvalue weighted by Gasteiger charge is 2.26. The summed E-state index contributed by atoms with van der Waals surface area (Å²) >= 11 is 12.0. The molecule has 1 aliphatic heterocycles. The van der Waals surface area contributed by atoms with E-state index in [1.807, 2.05) is 47.4 Å². The molecule has 1 N–H and O–H groups in total. The molecule has 29 heavy (non-hydrogen) atoms. The van der Waals surface area contributed by atoms with Gasteiger partial charge in [0.1, 0.15) is 0 Å². The van der Waals surface area contributed by atoms with E-state index in [2.05, 4.69) is 5.32 Å². The van der Waals surface area contributed by atoms with E-state index in [1.165, 1.54) is 0 Å². The molecular formula is C23H20Cl2N2O2. The van der Waals surface area contributed by atoms with Crippen molar-refractivity contribution in [2.75, 3.05) is 13.1 Å². The second-order valence-electron chi connectivity index (χ2n) is 7.19. The number of hydrogen-bond donors (Lipinski definition) is 1. The number of carbonyl (C=O) groups is 2. The van der Waals surface area contributed by atoms with Crippen LogP contribution in [0.3, 0.4) is 0 Å².